The molecule has 5 fully saturated rings. The zero-order valence-corrected chi connectivity index (χ0v) is 25.5. The molecule has 208 valence electrons. The number of piperidine rings is 1. The zero-order valence-electron chi connectivity index (χ0n) is 24.7. The summed E-state index contributed by atoms with van der Waals surface area (Å²) in [6.45, 7) is 18.7. The maximum absolute atomic E-state index is 4.36. The SMILES string of the molecule is CCC(C)[C@@H]1CC[C@@H]1N1C2=C(C(C)NC(C)C2)N2CC3NC4SC5CC(C(C)C)CCC5C4(C)CC3C21. The molecule has 13 atom stereocenters. The molecule has 0 radical (unpaired) electrons. The van der Waals surface area contributed by atoms with Crippen molar-refractivity contribution in [1.82, 2.24) is 20.4 Å². The van der Waals surface area contributed by atoms with Gasteiger partial charge in [0.1, 0.15) is 6.17 Å². The third kappa shape index (κ3) is 3.68. The highest BCUT2D eigenvalue weighted by Crippen LogP contribution is 2.64. The van der Waals surface area contributed by atoms with Gasteiger partial charge in [0.2, 0.25) is 0 Å². The van der Waals surface area contributed by atoms with Gasteiger partial charge in [-0.25, -0.2) is 0 Å². The van der Waals surface area contributed by atoms with Crippen LogP contribution in [-0.4, -0.2) is 57.3 Å². The van der Waals surface area contributed by atoms with Gasteiger partial charge in [0, 0.05) is 54.0 Å². The van der Waals surface area contributed by atoms with Crippen molar-refractivity contribution in [3.05, 3.63) is 11.4 Å². The van der Waals surface area contributed by atoms with Crippen LogP contribution in [0, 0.1) is 40.9 Å². The Balaban J connectivity index is 1.20. The molecule has 2 N–H and O–H groups in total. The van der Waals surface area contributed by atoms with Crippen molar-refractivity contribution in [2.24, 2.45) is 40.9 Å². The van der Waals surface area contributed by atoms with Gasteiger partial charge in [-0.2, -0.15) is 0 Å². The first kappa shape index (κ1) is 25.6. The van der Waals surface area contributed by atoms with Crippen LogP contribution < -0.4 is 10.6 Å². The summed E-state index contributed by atoms with van der Waals surface area (Å²) in [5.41, 5.74) is 3.87. The van der Waals surface area contributed by atoms with Gasteiger partial charge < -0.3 is 15.1 Å². The summed E-state index contributed by atoms with van der Waals surface area (Å²) >= 11 is 2.36. The smallest absolute Gasteiger partial charge is 0.106 e. The normalized spacial score (nSPS) is 51.4. The Morgan fingerprint density at radius 2 is 1.89 bits per heavy atom. The first-order valence-corrected chi connectivity index (χ1v) is 17.1. The molecule has 3 saturated heterocycles. The van der Waals surface area contributed by atoms with E-state index >= 15 is 0 Å². The summed E-state index contributed by atoms with van der Waals surface area (Å²) in [4.78, 5) is 6.00. The summed E-state index contributed by atoms with van der Waals surface area (Å²) in [6, 6.07) is 2.49. The summed E-state index contributed by atoms with van der Waals surface area (Å²) < 4.78 is 0. The van der Waals surface area contributed by atoms with Crippen LogP contribution in [-0.2, 0) is 0 Å². The Morgan fingerprint density at radius 1 is 1.08 bits per heavy atom. The fraction of sp³-hybridized carbons (Fsp3) is 0.938. The van der Waals surface area contributed by atoms with Crippen LogP contribution in [0.1, 0.15) is 99.8 Å². The van der Waals surface area contributed by atoms with Gasteiger partial charge in [0.25, 0.3) is 0 Å². The topological polar surface area (TPSA) is 30.5 Å². The Labute approximate surface area is 231 Å². The molecular formula is C32H54N4S. The fourth-order valence-electron chi connectivity index (χ4n) is 10.5. The van der Waals surface area contributed by atoms with Gasteiger partial charge in [-0.1, -0.05) is 41.0 Å². The lowest BCUT2D eigenvalue weighted by Gasteiger charge is -2.53. The zero-order chi connectivity index (χ0) is 25.8. The summed E-state index contributed by atoms with van der Waals surface area (Å²) in [5, 5.41) is 9.84. The monoisotopic (exact) mass is 526 g/mol. The van der Waals surface area contributed by atoms with Crippen molar-refractivity contribution < 1.29 is 0 Å². The highest BCUT2D eigenvalue weighted by Gasteiger charge is 2.64. The standard InChI is InChI=1S/C32H54N4S/c1-8-18(4)22-10-12-26(22)36-27-13-19(5)33-20(6)29(27)35-16-25-23(30(35)36)15-32(7)24-11-9-21(17(2)3)14-28(24)37-31(32)34-25/h17-26,28,30-31,33-34H,8-16H2,1-7H3/t18?,19?,20?,21?,22-,23?,24?,25?,26-,28?,30?,31?,32?/m0/s1. The van der Waals surface area contributed by atoms with Crippen molar-refractivity contribution in [2.75, 3.05) is 6.54 Å². The lowest BCUT2D eigenvalue weighted by molar-refractivity contribution is -0.0272. The van der Waals surface area contributed by atoms with E-state index in [1.807, 2.05) is 0 Å². The van der Waals surface area contributed by atoms with E-state index in [2.05, 4.69) is 80.7 Å². The molecular weight excluding hydrogens is 472 g/mol. The van der Waals surface area contributed by atoms with Gasteiger partial charge in [0.05, 0.1) is 11.1 Å². The predicted octanol–water partition coefficient (Wildman–Crippen LogP) is 6.25. The second-order valence-corrected chi connectivity index (χ2v) is 16.5. The molecule has 37 heavy (non-hydrogen) atoms. The van der Waals surface area contributed by atoms with Gasteiger partial charge in [-0.3, -0.25) is 5.32 Å². The second kappa shape index (κ2) is 9.06. The number of fused-ring (bicyclic) bond motifs is 7. The third-order valence-electron chi connectivity index (χ3n) is 12.9. The molecule has 0 aromatic heterocycles. The van der Waals surface area contributed by atoms with Crippen molar-refractivity contribution in [2.45, 2.75) is 141 Å². The Bertz CT molecular complexity index is 934. The van der Waals surface area contributed by atoms with Crippen molar-refractivity contribution >= 4 is 11.8 Å². The molecule has 7 aliphatic rings. The molecule has 0 aromatic carbocycles. The van der Waals surface area contributed by atoms with E-state index in [-0.39, 0.29) is 0 Å². The molecule has 5 heteroatoms. The number of nitrogens with zero attached hydrogens (tertiary/aromatic N) is 2. The van der Waals surface area contributed by atoms with Crippen LogP contribution in [0.4, 0.5) is 0 Å². The molecule has 0 amide bonds. The van der Waals surface area contributed by atoms with Crippen LogP contribution in [0.15, 0.2) is 11.4 Å². The molecule has 5 heterocycles. The highest BCUT2D eigenvalue weighted by molar-refractivity contribution is 8.00. The molecule has 5 aliphatic heterocycles. The highest BCUT2D eigenvalue weighted by atomic mass is 32.2. The number of nitrogens with one attached hydrogen (secondary N) is 2. The van der Waals surface area contributed by atoms with E-state index in [1.54, 1.807) is 11.4 Å². The summed E-state index contributed by atoms with van der Waals surface area (Å²) in [7, 11) is 0. The van der Waals surface area contributed by atoms with Crippen molar-refractivity contribution in [3.63, 3.8) is 0 Å². The summed E-state index contributed by atoms with van der Waals surface area (Å²) in [5.74, 6) is 5.20. The largest absolute Gasteiger partial charge is 0.350 e. The van der Waals surface area contributed by atoms with E-state index < -0.39 is 0 Å². The molecule has 0 spiro atoms. The molecule has 0 bridgehead atoms. The molecule has 2 aliphatic carbocycles. The van der Waals surface area contributed by atoms with Crippen LogP contribution in [0.5, 0.6) is 0 Å². The van der Waals surface area contributed by atoms with Crippen LogP contribution >= 0.6 is 11.8 Å². The maximum atomic E-state index is 4.36. The minimum absolute atomic E-state index is 0.454. The van der Waals surface area contributed by atoms with Crippen LogP contribution in [0.3, 0.4) is 0 Å². The van der Waals surface area contributed by atoms with E-state index in [4.69, 9.17) is 0 Å². The average molecular weight is 527 g/mol. The van der Waals surface area contributed by atoms with Gasteiger partial charge in [-0.05, 0) is 87.4 Å². The molecule has 11 unspecified atom stereocenters. The predicted molar refractivity (Wildman–Crippen MR) is 156 cm³/mol. The van der Waals surface area contributed by atoms with Crippen molar-refractivity contribution in [3.8, 4) is 0 Å². The van der Waals surface area contributed by atoms with E-state index in [1.165, 1.54) is 57.9 Å². The Kier molecular flexibility index (Phi) is 6.26. The fourth-order valence-corrected chi connectivity index (χ4v) is 12.7. The molecule has 2 saturated carbocycles. The lowest BCUT2D eigenvalue weighted by atomic mass is 9.61. The maximum Gasteiger partial charge on any atom is 0.106 e. The van der Waals surface area contributed by atoms with Crippen LogP contribution in [0.25, 0.3) is 0 Å². The van der Waals surface area contributed by atoms with Gasteiger partial charge >= 0.3 is 0 Å². The molecule has 4 nitrogen and oxygen atoms in total. The molecule has 0 aromatic rings. The van der Waals surface area contributed by atoms with E-state index in [0.717, 1.165) is 46.8 Å². The van der Waals surface area contributed by atoms with Gasteiger partial charge in [0.15, 0.2) is 0 Å². The van der Waals surface area contributed by atoms with E-state index in [9.17, 15) is 0 Å². The number of hydrogen-bond acceptors (Lipinski definition) is 5. The van der Waals surface area contributed by atoms with Gasteiger partial charge in [-0.15, -0.1) is 11.8 Å². The molecule has 7 rings (SSSR count). The lowest BCUT2D eigenvalue weighted by Crippen LogP contribution is -2.60. The summed E-state index contributed by atoms with van der Waals surface area (Å²) in [6.07, 6.45) is 11.8. The Hall–Kier alpha value is -0.390. The van der Waals surface area contributed by atoms with Crippen molar-refractivity contribution in [1.29, 1.82) is 0 Å². The number of rotatable bonds is 4. The first-order valence-electron chi connectivity index (χ1n) is 16.2. The minimum Gasteiger partial charge on any atom is -0.350 e. The number of hydrogen-bond donors (Lipinski definition) is 2. The van der Waals surface area contributed by atoms with E-state index in [0.29, 0.717) is 35.1 Å². The van der Waals surface area contributed by atoms with Crippen LogP contribution in [0.2, 0.25) is 0 Å². The average Bonchev–Trinajstić information content (AvgIpc) is 3.42. The first-order chi connectivity index (χ1) is 17.7. The third-order valence-corrected chi connectivity index (χ3v) is 14.7. The Morgan fingerprint density at radius 3 is 2.59 bits per heavy atom. The second-order valence-electron chi connectivity index (χ2n) is 15.1. The number of thioether (sulfide) groups is 1. The quantitative estimate of drug-likeness (QED) is 0.452. The minimum atomic E-state index is 0.454.